The number of hydrogen-bond acceptors (Lipinski definition) is 5. The fourth-order valence-corrected chi connectivity index (χ4v) is 1.52. The third kappa shape index (κ3) is 4.90. The Kier molecular flexibility index (Phi) is 5.02. The smallest absolute Gasteiger partial charge is 0.375 e. The van der Waals surface area contributed by atoms with Crippen molar-refractivity contribution in [1.82, 2.24) is 5.48 Å². The standard InChI is InChI=1S/C9H8Cl2N2O4/c10-5-1-6(11)3-7(2-5)12-4-8(14)17-9(15)13-16/h1-3,12,16H,4H2,(H,13,15). The summed E-state index contributed by atoms with van der Waals surface area (Å²) in [6.45, 7) is -0.274. The Labute approximate surface area is 106 Å². The molecule has 0 heterocycles. The minimum absolute atomic E-state index is 0.274. The van der Waals surface area contributed by atoms with Gasteiger partial charge in [0, 0.05) is 15.7 Å². The second-order valence-corrected chi connectivity index (χ2v) is 3.76. The summed E-state index contributed by atoms with van der Waals surface area (Å²) >= 11 is 11.5. The molecule has 0 unspecified atom stereocenters. The molecule has 0 bridgehead atoms. The molecule has 0 atom stereocenters. The number of hydroxylamine groups is 1. The monoisotopic (exact) mass is 278 g/mol. The maximum absolute atomic E-state index is 11.0. The van der Waals surface area contributed by atoms with Gasteiger partial charge in [0.1, 0.15) is 6.54 Å². The Hall–Kier alpha value is -1.50. The van der Waals surface area contributed by atoms with Crippen molar-refractivity contribution in [3.63, 3.8) is 0 Å². The zero-order valence-electron chi connectivity index (χ0n) is 8.37. The average Bonchev–Trinajstić information content (AvgIpc) is 2.25. The van der Waals surface area contributed by atoms with Crippen molar-refractivity contribution in [2.45, 2.75) is 0 Å². The molecule has 0 aliphatic heterocycles. The maximum atomic E-state index is 11.0. The molecule has 17 heavy (non-hydrogen) atoms. The number of amides is 1. The summed E-state index contributed by atoms with van der Waals surface area (Å²) in [5, 5.41) is 11.6. The van der Waals surface area contributed by atoms with Crippen molar-refractivity contribution < 1.29 is 19.5 Å². The molecule has 0 aliphatic carbocycles. The molecular formula is C9H8Cl2N2O4. The summed E-state index contributed by atoms with van der Waals surface area (Å²) in [4.78, 5) is 21.5. The van der Waals surface area contributed by atoms with Crippen LogP contribution in [0.15, 0.2) is 18.2 Å². The predicted molar refractivity (Wildman–Crippen MR) is 61.4 cm³/mol. The number of carbonyl (C=O) groups is 2. The van der Waals surface area contributed by atoms with E-state index in [2.05, 4.69) is 10.1 Å². The minimum Gasteiger partial charge on any atom is -0.375 e. The van der Waals surface area contributed by atoms with Crippen molar-refractivity contribution in [3.8, 4) is 0 Å². The van der Waals surface area contributed by atoms with Crippen LogP contribution in [-0.4, -0.2) is 23.8 Å². The number of rotatable bonds is 3. The maximum Gasteiger partial charge on any atom is 0.438 e. The highest BCUT2D eigenvalue weighted by molar-refractivity contribution is 6.35. The Balaban J connectivity index is 2.50. The first kappa shape index (κ1) is 13.6. The molecule has 0 saturated carbocycles. The highest BCUT2D eigenvalue weighted by Gasteiger charge is 2.09. The summed E-state index contributed by atoms with van der Waals surface area (Å²) in [6, 6.07) is 4.63. The number of benzene rings is 1. The third-order valence-electron chi connectivity index (χ3n) is 1.60. The average molecular weight is 279 g/mol. The molecule has 0 radical (unpaired) electrons. The van der Waals surface area contributed by atoms with Crippen molar-refractivity contribution in [3.05, 3.63) is 28.2 Å². The molecule has 0 aromatic heterocycles. The first-order chi connectivity index (χ1) is 8.01. The third-order valence-corrected chi connectivity index (χ3v) is 2.03. The lowest BCUT2D eigenvalue weighted by Gasteiger charge is -2.06. The van der Waals surface area contributed by atoms with Gasteiger partial charge in [-0.25, -0.2) is 15.1 Å². The Morgan fingerprint density at radius 1 is 1.24 bits per heavy atom. The molecular weight excluding hydrogens is 271 g/mol. The van der Waals surface area contributed by atoms with Gasteiger partial charge in [0.25, 0.3) is 0 Å². The van der Waals surface area contributed by atoms with Crippen molar-refractivity contribution in [2.75, 3.05) is 11.9 Å². The van der Waals surface area contributed by atoms with Crippen LogP contribution in [-0.2, 0) is 9.53 Å². The van der Waals surface area contributed by atoms with Crippen molar-refractivity contribution in [2.24, 2.45) is 0 Å². The Bertz CT molecular complexity index is 419. The van der Waals surface area contributed by atoms with E-state index in [1.165, 1.54) is 6.07 Å². The number of esters is 1. The lowest BCUT2D eigenvalue weighted by molar-refractivity contribution is -0.136. The Morgan fingerprint density at radius 3 is 2.35 bits per heavy atom. The number of ether oxygens (including phenoxy) is 1. The SMILES string of the molecule is O=C(CNc1cc(Cl)cc(Cl)c1)OC(=O)NO. The lowest BCUT2D eigenvalue weighted by Crippen LogP contribution is -2.27. The van der Waals surface area contributed by atoms with Gasteiger partial charge in [-0.1, -0.05) is 23.2 Å². The number of halogens is 2. The van der Waals surface area contributed by atoms with E-state index in [9.17, 15) is 9.59 Å². The van der Waals surface area contributed by atoms with Gasteiger partial charge in [-0.3, -0.25) is 5.21 Å². The summed E-state index contributed by atoms with van der Waals surface area (Å²) in [5.41, 5.74) is 1.66. The van der Waals surface area contributed by atoms with Gasteiger partial charge < -0.3 is 10.1 Å². The number of nitrogens with one attached hydrogen (secondary N) is 2. The topological polar surface area (TPSA) is 87.7 Å². The van der Waals surface area contributed by atoms with Crippen LogP contribution in [0.2, 0.25) is 10.0 Å². The first-order valence-electron chi connectivity index (χ1n) is 4.36. The van der Waals surface area contributed by atoms with E-state index in [0.29, 0.717) is 15.7 Å². The summed E-state index contributed by atoms with van der Waals surface area (Å²) < 4.78 is 4.11. The van der Waals surface area contributed by atoms with Crippen LogP contribution in [0, 0.1) is 0 Å². The van der Waals surface area contributed by atoms with Crippen LogP contribution in [0.3, 0.4) is 0 Å². The Morgan fingerprint density at radius 2 is 1.82 bits per heavy atom. The van der Waals surface area contributed by atoms with Gasteiger partial charge in [0.05, 0.1) is 0 Å². The summed E-state index contributed by atoms with van der Waals surface area (Å²) in [6.07, 6.45) is -1.25. The predicted octanol–water partition coefficient (Wildman–Crippen LogP) is 2.05. The quantitative estimate of drug-likeness (QED) is 0.341. The van der Waals surface area contributed by atoms with Gasteiger partial charge in [0.2, 0.25) is 0 Å². The van der Waals surface area contributed by atoms with E-state index < -0.39 is 12.1 Å². The lowest BCUT2D eigenvalue weighted by atomic mass is 10.3. The highest BCUT2D eigenvalue weighted by atomic mass is 35.5. The van der Waals surface area contributed by atoms with Gasteiger partial charge >= 0.3 is 12.1 Å². The van der Waals surface area contributed by atoms with E-state index >= 15 is 0 Å². The van der Waals surface area contributed by atoms with Gasteiger partial charge in [-0.2, -0.15) is 0 Å². The molecule has 0 aliphatic rings. The molecule has 6 nitrogen and oxygen atoms in total. The summed E-state index contributed by atoms with van der Waals surface area (Å²) in [5.74, 6) is -0.868. The van der Waals surface area contributed by atoms with Crippen LogP contribution in [0.4, 0.5) is 10.5 Å². The van der Waals surface area contributed by atoms with Crippen molar-refractivity contribution >= 4 is 41.0 Å². The van der Waals surface area contributed by atoms with Crippen LogP contribution in [0.1, 0.15) is 0 Å². The molecule has 0 spiro atoms. The van der Waals surface area contributed by atoms with Crippen LogP contribution >= 0.6 is 23.2 Å². The number of hydrogen-bond donors (Lipinski definition) is 3. The van der Waals surface area contributed by atoms with Gasteiger partial charge in [-0.05, 0) is 18.2 Å². The molecule has 1 amide bonds. The van der Waals surface area contributed by atoms with E-state index in [4.69, 9.17) is 28.4 Å². The molecule has 1 rings (SSSR count). The van der Waals surface area contributed by atoms with Gasteiger partial charge in [-0.15, -0.1) is 0 Å². The summed E-state index contributed by atoms with van der Waals surface area (Å²) in [7, 11) is 0. The highest BCUT2D eigenvalue weighted by Crippen LogP contribution is 2.22. The largest absolute Gasteiger partial charge is 0.438 e. The molecule has 92 valence electrons. The van der Waals surface area contributed by atoms with Crippen LogP contribution in [0.5, 0.6) is 0 Å². The fourth-order valence-electron chi connectivity index (χ4n) is 0.992. The number of carbonyl (C=O) groups excluding carboxylic acids is 2. The molecule has 0 fully saturated rings. The molecule has 8 heteroatoms. The molecule has 3 N–H and O–H groups in total. The van der Waals surface area contributed by atoms with Gasteiger partial charge in [0.15, 0.2) is 0 Å². The second-order valence-electron chi connectivity index (χ2n) is 2.89. The van der Waals surface area contributed by atoms with Crippen LogP contribution < -0.4 is 10.8 Å². The number of anilines is 1. The zero-order valence-corrected chi connectivity index (χ0v) is 9.88. The van der Waals surface area contributed by atoms with E-state index in [0.717, 1.165) is 5.48 Å². The first-order valence-corrected chi connectivity index (χ1v) is 5.11. The molecule has 0 saturated heterocycles. The van der Waals surface area contributed by atoms with Crippen LogP contribution in [0.25, 0.3) is 0 Å². The van der Waals surface area contributed by atoms with E-state index in [1.807, 2.05) is 0 Å². The fraction of sp³-hybridized carbons (Fsp3) is 0.111. The normalized spacial score (nSPS) is 9.59. The zero-order chi connectivity index (χ0) is 12.8. The molecule has 1 aromatic rings. The van der Waals surface area contributed by atoms with Crippen molar-refractivity contribution in [1.29, 1.82) is 0 Å². The van der Waals surface area contributed by atoms with E-state index in [1.54, 1.807) is 12.1 Å². The van der Waals surface area contributed by atoms with E-state index in [-0.39, 0.29) is 6.54 Å². The minimum atomic E-state index is -1.25. The second kappa shape index (κ2) is 6.29. The molecule has 1 aromatic carbocycles.